The minimum absolute atomic E-state index is 0.00302. The molecule has 1 amide bonds. The van der Waals surface area contributed by atoms with Gasteiger partial charge < -0.3 is 10.1 Å². The van der Waals surface area contributed by atoms with Crippen LogP contribution >= 0.6 is 0 Å². The molecule has 24 heavy (non-hydrogen) atoms. The van der Waals surface area contributed by atoms with E-state index in [1.165, 1.54) is 11.1 Å². The fraction of sp³-hybridized carbons (Fsp3) is 0.381. The van der Waals surface area contributed by atoms with Crippen LogP contribution in [0.2, 0.25) is 0 Å². The predicted molar refractivity (Wildman–Crippen MR) is 98.4 cm³/mol. The summed E-state index contributed by atoms with van der Waals surface area (Å²) in [6.07, 6.45) is 0.302. The third-order valence-corrected chi connectivity index (χ3v) is 4.21. The van der Waals surface area contributed by atoms with Crippen LogP contribution < -0.4 is 10.1 Å². The standard InChI is InChI=1S/C21H27NO2/c1-6-19(18-10-7-14(2)8-11-18)22-21(23)17(5)24-20-12-9-15(3)13-16(20)4/h7-13,17,19H,6H2,1-5H3,(H,22,23). The Labute approximate surface area is 145 Å². The normalized spacial score (nSPS) is 13.2. The number of carbonyl (C=O) groups excluding carboxylic acids is 1. The number of hydrogen-bond acceptors (Lipinski definition) is 2. The lowest BCUT2D eigenvalue weighted by molar-refractivity contribution is -0.128. The van der Waals surface area contributed by atoms with E-state index >= 15 is 0 Å². The van der Waals surface area contributed by atoms with Gasteiger partial charge in [-0.05, 0) is 51.3 Å². The van der Waals surface area contributed by atoms with Gasteiger partial charge in [-0.1, -0.05) is 54.4 Å². The van der Waals surface area contributed by atoms with Crippen molar-refractivity contribution in [2.75, 3.05) is 0 Å². The Morgan fingerprint density at radius 2 is 1.67 bits per heavy atom. The average Bonchev–Trinajstić information content (AvgIpc) is 2.55. The van der Waals surface area contributed by atoms with Crippen molar-refractivity contribution >= 4 is 5.91 Å². The molecule has 0 radical (unpaired) electrons. The summed E-state index contributed by atoms with van der Waals surface area (Å²) in [5.41, 5.74) is 4.56. The fourth-order valence-corrected chi connectivity index (χ4v) is 2.68. The second-order valence-electron chi connectivity index (χ2n) is 6.41. The predicted octanol–water partition coefficient (Wildman–Crippen LogP) is 4.65. The molecule has 2 aromatic carbocycles. The molecule has 3 nitrogen and oxygen atoms in total. The summed E-state index contributed by atoms with van der Waals surface area (Å²) < 4.78 is 5.85. The first-order valence-electron chi connectivity index (χ1n) is 8.51. The minimum atomic E-state index is -0.536. The summed E-state index contributed by atoms with van der Waals surface area (Å²) in [6, 6.07) is 14.3. The largest absolute Gasteiger partial charge is 0.481 e. The topological polar surface area (TPSA) is 38.3 Å². The molecule has 0 aliphatic heterocycles. The number of hydrogen-bond donors (Lipinski definition) is 1. The maximum absolute atomic E-state index is 12.5. The number of rotatable bonds is 6. The van der Waals surface area contributed by atoms with Crippen molar-refractivity contribution in [1.29, 1.82) is 0 Å². The van der Waals surface area contributed by atoms with Crippen LogP contribution in [0.5, 0.6) is 5.75 Å². The number of ether oxygens (including phenoxy) is 1. The van der Waals surface area contributed by atoms with Crippen LogP contribution in [0.15, 0.2) is 42.5 Å². The summed E-state index contributed by atoms with van der Waals surface area (Å²) >= 11 is 0. The lowest BCUT2D eigenvalue weighted by atomic mass is 10.0. The zero-order valence-corrected chi connectivity index (χ0v) is 15.2. The van der Waals surface area contributed by atoms with Crippen molar-refractivity contribution in [1.82, 2.24) is 5.32 Å². The van der Waals surface area contributed by atoms with Gasteiger partial charge in [0.1, 0.15) is 5.75 Å². The molecule has 0 aromatic heterocycles. The SMILES string of the molecule is CCC(NC(=O)C(C)Oc1ccc(C)cc1C)c1ccc(C)cc1. The van der Waals surface area contributed by atoms with E-state index in [0.717, 1.165) is 23.3 Å². The Balaban J connectivity index is 2.02. The van der Waals surface area contributed by atoms with Gasteiger partial charge in [0.05, 0.1) is 6.04 Å². The highest BCUT2D eigenvalue weighted by Crippen LogP contribution is 2.21. The van der Waals surface area contributed by atoms with Crippen LogP contribution in [0.1, 0.15) is 48.6 Å². The van der Waals surface area contributed by atoms with Crippen LogP contribution in [-0.4, -0.2) is 12.0 Å². The quantitative estimate of drug-likeness (QED) is 0.840. The molecule has 0 aliphatic rings. The molecular weight excluding hydrogens is 298 g/mol. The van der Waals surface area contributed by atoms with Crippen LogP contribution in [0.4, 0.5) is 0 Å². The van der Waals surface area contributed by atoms with Gasteiger partial charge in [0.2, 0.25) is 0 Å². The highest BCUT2D eigenvalue weighted by atomic mass is 16.5. The Bertz CT molecular complexity index is 691. The van der Waals surface area contributed by atoms with Crippen LogP contribution in [0.3, 0.4) is 0 Å². The van der Waals surface area contributed by atoms with Crippen molar-refractivity contribution in [2.45, 2.75) is 53.2 Å². The highest BCUT2D eigenvalue weighted by Gasteiger charge is 2.19. The average molecular weight is 325 g/mol. The van der Waals surface area contributed by atoms with E-state index in [2.05, 4.69) is 49.5 Å². The van der Waals surface area contributed by atoms with Crippen molar-refractivity contribution in [3.63, 3.8) is 0 Å². The molecule has 1 N–H and O–H groups in total. The fourth-order valence-electron chi connectivity index (χ4n) is 2.68. The molecule has 0 spiro atoms. The molecule has 0 aliphatic carbocycles. The van der Waals surface area contributed by atoms with E-state index in [1.807, 2.05) is 26.0 Å². The summed E-state index contributed by atoms with van der Waals surface area (Å²) in [6.45, 7) is 9.95. The number of nitrogens with one attached hydrogen (secondary N) is 1. The Morgan fingerprint density at radius 3 is 2.25 bits per heavy atom. The molecule has 0 saturated heterocycles. The third kappa shape index (κ3) is 4.60. The number of amides is 1. The monoisotopic (exact) mass is 325 g/mol. The number of carbonyl (C=O) groups is 1. The number of aryl methyl sites for hydroxylation is 3. The van der Waals surface area contributed by atoms with Gasteiger partial charge in [-0.2, -0.15) is 0 Å². The molecule has 2 aromatic rings. The molecule has 2 rings (SSSR count). The van der Waals surface area contributed by atoms with Gasteiger partial charge in [-0.3, -0.25) is 4.79 Å². The number of benzene rings is 2. The molecule has 0 heterocycles. The van der Waals surface area contributed by atoms with E-state index < -0.39 is 6.10 Å². The van der Waals surface area contributed by atoms with Crippen molar-refractivity contribution in [2.24, 2.45) is 0 Å². The summed E-state index contributed by atoms with van der Waals surface area (Å²) in [7, 11) is 0. The van der Waals surface area contributed by atoms with Gasteiger partial charge in [0, 0.05) is 0 Å². The Kier molecular flexibility index (Phi) is 6.02. The minimum Gasteiger partial charge on any atom is -0.481 e. The Morgan fingerprint density at radius 1 is 1.04 bits per heavy atom. The first-order chi connectivity index (χ1) is 11.4. The van der Waals surface area contributed by atoms with E-state index in [4.69, 9.17) is 4.74 Å². The van der Waals surface area contributed by atoms with E-state index in [9.17, 15) is 4.79 Å². The summed E-state index contributed by atoms with van der Waals surface area (Å²) in [5, 5.41) is 3.09. The highest BCUT2D eigenvalue weighted by molar-refractivity contribution is 5.81. The second kappa shape index (κ2) is 8.00. The van der Waals surface area contributed by atoms with Crippen LogP contribution in [0.25, 0.3) is 0 Å². The lowest BCUT2D eigenvalue weighted by Crippen LogP contribution is -2.38. The van der Waals surface area contributed by atoms with E-state index in [1.54, 1.807) is 6.92 Å². The first kappa shape index (κ1) is 18.1. The van der Waals surface area contributed by atoms with Gasteiger partial charge in [0.15, 0.2) is 6.10 Å². The summed E-state index contributed by atoms with van der Waals surface area (Å²) in [5.74, 6) is 0.661. The molecule has 0 bridgehead atoms. The van der Waals surface area contributed by atoms with Gasteiger partial charge >= 0.3 is 0 Å². The van der Waals surface area contributed by atoms with Crippen molar-refractivity contribution in [3.05, 3.63) is 64.7 Å². The zero-order valence-electron chi connectivity index (χ0n) is 15.2. The zero-order chi connectivity index (χ0) is 17.7. The van der Waals surface area contributed by atoms with Crippen LogP contribution in [0, 0.1) is 20.8 Å². The van der Waals surface area contributed by atoms with Crippen LogP contribution in [-0.2, 0) is 4.79 Å². The van der Waals surface area contributed by atoms with Crippen molar-refractivity contribution < 1.29 is 9.53 Å². The molecule has 2 unspecified atom stereocenters. The van der Waals surface area contributed by atoms with Gasteiger partial charge in [-0.25, -0.2) is 0 Å². The maximum atomic E-state index is 12.5. The smallest absolute Gasteiger partial charge is 0.261 e. The maximum Gasteiger partial charge on any atom is 0.261 e. The third-order valence-electron chi connectivity index (χ3n) is 4.21. The lowest BCUT2D eigenvalue weighted by Gasteiger charge is -2.22. The first-order valence-corrected chi connectivity index (χ1v) is 8.51. The van der Waals surface area contributed by atoms with Crippen molar-refractivity contribution in [3.8, 4) is 5.75 Å². The molecular formula is C21H27NO2. The second-order valence-corrected chi connectivity index (χ2v) is 6.41. The van der Waals surface area contributed by atoms with E-state index in [-0.39, 0.29) is 11.9 Å². The molecule has 2 atom stereocenters. The van der Waals surface area contributed by atoms with Gasteiger partial charge in [-0.15, -0.1) is 0 Å². The Hall–Kier alpha value is -2.29. The molecule has 0 fully saturated rings. The van der Waals surface area contributed by atoms with E-state index in [0.29, 0.717) is 0 Å². The summed E-state index contributed by atoms with van der Waals surface area (Å²) in [4.78, 5) is 12.5. The molecule has 0 saturated carbocycles. The van der Waals surface area contributed by atoms with Gasteiger partial charge in [0.25, 0.3) is 5.91 Å². The molecule has 3 heteroatoms. The molecule has 128 valence electrons.